The molecule has 1 aliphatic rings. The summed E-state index contributed by atoms with van der Waals surface area (Å²) in [5, 5.41) is 3.03. The van der Waals surface area contributed by atoms with Gasteiger partial charge in [-0.2, -0.15) is 0 Å². The number of hydrogen-bond donors (Lipinski definition) is 2. The fourth-order valence-electron chi connectivity index (χ4n) is 4.91. The van der Waals surface area contributed by atoms with Gasteiger partial charge in [0, 0.05) is 30.3 Å². The fourth-order valence-corrected chi connectivity index (χ4v) is 4.91. The lowest BCUT2D eigenvalue weighted by molar-refractivity contribution is -0.121. The first-order chi connectivity index (χ1) is 16.9. The zero-order chi connectivity index (χ0) is 24.9. The summed E-state index contributed by atoms with van der Waals surface area (Å²) >= 11 is 0. The van der Waals surface area contributed by atoms with Crippen LogP contribution in [0.5, 0.6) is 11.5 Å². The number of aromatic amines is 1. The molecule has 0 unspecified atom stereocenters. The zero-order valence-electron chi connectivity index (χ0n) is 21.1. The molecule has 8 nitrogen and oxygen atoms in total. The Hall–Kier alpha value is -3.26. The normalized spacial score (nSPS) is 18.1. The van der Waals surface area contributed by atoms with E-state index in [0.29, 0.717) is 12.4 Å². The average molecular weight is 481 g/mol. The molecule has 0 spiro atoms. The van der Waals surface area contributed by atoms with E-state index in [1.165, 1.54) is 0 Å². The first kappa shape index (κ1) is 24.9. The van der Waals surface area contributed by atoms with E-state index >= 15 is 0 Å². The predicted molar refractivity (Wildman–Crippen MR) is 139 cm³/mol. The van der Waals surface area contributed by atoms with Crippen molar-refractivity contribution in [2.24, 2.45) is 5.92 Å². The van der Waals surface area contributed by atoms with Crippen molar-refractivity contribution in [3.8, 4) is 11.5 Å². The van der Waals surface area contributed by atoms with Crippen molar-refractivity contribution in [2.75, 3.05) is 39.7 Å². The largest absolute Gasteiger partial charge is 0.496 e. The number of nitrogens with one attached hydrogen (secondary N) is 2. The number of carbonyl (C=O) groups excluding carboxylic acids is 1. The number of amides is 1. The van der Waals surface area contributed by atoms with Gasteiger partial charge in [-0.05, 0) is 76.9 Å². The number of benzene rings is 2. The molecule has 0 saturated heterocycles. The molecule has 8 heteroatoms. The van der Waals surface area contributed by atoms with Gasteiger partial charge in [-0.3, -0.25) is 9.36 Å². The first-order valence-corrected chi connectivity index (χ1v) is 12.3. The van der Waals surface area contributed by atoms with Crippen LogP contribution in [0, 0.1) is 12.8 Å². The molecule has 1 fully saturated rings. The highest BCUT2D eigenvalue weighted by Crippen LogP contribution is 2.35. The lowest BCUT2D eigenvalue weighted by Gasteiger charge is -2.28. The smallest absolute Gasteiger partial charge is 0.326 e. The molecule has 2 aromatic carbocycles. The van der Waals surface area contributed by atoms with Gasteiger partial charge in [0.15, 0.2) is 0 Å². The maximum atomic E-state index is 12.9. The molecular formula is C27H36N4O4. The minimum absolute atomic E-state index is 0.0223. The number of ether oxygens (including phenoxy) is 2. The van der Waals surface area contributed by atoms with Crippen LogP contribution in [0.2, 0.25) is 0 Å². The summed E-state index contributed by atoms with van der Waals surface area (Å²) in [6.45, 7) is 3.51. The first-order valence-electron chi connectivity index (χ1n) is 12.3. The van der Waals surface area contributed by atoms with Gasteiger partial charge in [-0.15, -0.1) is 0 Å². The lowest BCUT2D eigenvalue weighted by Crippen LogP contribution is -2.31. The van der Waals surface area contributed by atoms with Crippen LogP contribution in [0.25, 0.3) is 11.0 Å². The summed E-state index contributed by atoms with van der Waals surface area (Å²) in [4.78, 5) is 30.9. The number of imidazole rings is 1. The molecule has 1 aliphatic carbocycles. The van der Waals surface area contributed by atoms with Gasteiger partial charge in [0.05, 0.1) is 19.2 Å². The highest BCUT2D eigenvalue weighted by atomic mass is 16.5. The summed E-state index contributed by atoms with van der Waals surface area (Å²) in [6.07, 6.45) is 3.93. The quantitative estimate of drug-likeness (QED) is 0.445. The Morgan fingerprint density at radius 3 is 2.63 bits per heavy atom. The topological polar surface area (TPSA) is 88.6 Å². The van der Waals surface area contributed by atoms with E-state index in [1.807, 2.05) is 62.0 Å². The number of rotatable bonds is 9. The highest BCUT2D eigenvalue weighted by Gasteiger charge is 2.29. The molecular weight excluding hydrogens is 444 g/mol. The molecule has 0 radical (unpaired) electrons. The van der Waals surface area contributed by atoms with Crippen molar-refractivity contribution in [3.63, 3.8) is 0 Å². The fraction of sp³-hybridized carbons (Fsp3) is 0.481. The number of aryl methyl sites for hydroxylation is 1. The van der Waals surface area contributed by atoms with Crippen molar-refractivity contribution in [2.45, 2.75) is 45.1 Å². The predicted octanol–water partition coefficient (Wildman–Crippen LogP) is 4.35. The number of para-hydroxylation sites is 1. The average Bonchev–Trinajstić information content (AvgIpc) is 3.19. The van der Waals surface area contributed by atoms with Gasteiger partial charge in [0.1, 0.15) is 17.0 Å². The maximum Gasteiger partial charge on any atom is 0.326 e. The summed E-state index contributed by atoms with van der Waals surface area (Å²) in [5.74, 6) is 1.41. The van der Waals surface area contributed by atoms with Crippen molar-refractivity contribution in [1.29, 1.82) is 0 Å². The number of fused-ring (bicyclic) bond motifs is 1. The molecule has 3 aromatic rings. The van der Waals surface area contributed by atoms with Crippen LogP contribution >= 0.6 is 0 Å². The zero-order valence-corrected chi connectivity index (χ0v) is 21.1. The monoisotopic (exact) mass is 480 g/mol. The second kappa shape index (κ2) is 11.0. The number of carbonyl (C=O) groups is 1. The Bertz CT molecular complexity index is 1220. The molecule has 1 amide bonds. The molecule has 1 aromatic heterocycles. The number of anilines is 1. The van der Waals surface area contributed by atoms with Crippen molar-refractivity contribution in [3.05, 3.63) is 52.4 Å². The third-order valence-electron chi connectivity index (χ3n) is 6.83. The lowest BCUT2D eigenvalue weighted by atomic mass is 9.85. The number of nitrogens with zero attached hydrogens (tertiary/aromatic N) is 2. The Labute approximate surface area is 206 Å². The van der Waals surface area contributed by atoms with Crippen LogP contribution < -0.4 is 20.5 Å². The molecule has 2 N–H and O–H groups in total. The van der Waals surface area contributed by atoms with Crippen LogP contribution in [-0.4, -0.2) is 54.7 Å². The summed E-state index contributed by atoms with van der Waals surface area (Å²) in [6, 6.07) is 11.5. The maximum absolute atomic E-state index is 12.9. The number of methoxy groups -OCH3 is 1. The Balaban J connectivity index is 1.40. The van der Waals surface area contributed by atoms with E-state index < -0.39 is 0 Å². The highest BCUT2D eigenvalue weighted by molar-refractivity contribution is 5.92. The molecule has 35 heavy (non-hydrogen) atoms. The molecule has 0 atom stereocenters. The minimum atomic E-state index is -0.121. The number of H-pyrrole nitrogens is 1. The van der Waals surface area contributed by atoms with Crippen LogP contribution in [0.1, 0.15) is 43.7 Å². The molecule has 1 heterocycles. The van der Waals surface area contributed by atoms with Gasteiger partial charge in [-0.25, -0.2) is 4.79 Å². The van der Waals surface area contributed by atoms with Crippen molar-refractivity contribution >= 4 is 22.6 Å². The number of aromatic nitrogens is 2. The van der Waals surface area contributed by atoms with Crippen LogP contribution in [0.4, 0.5) is 5.69 Å². The summed E-state index contributed by atoms with van der Waals surface area (Å²) < 4.78 is 13.2. The van der Waals surface area contributed by atoms with E-state index in [0.717, 1.165) is 66.7 Å². The third kappa shape index (κ3) is 5.70. The van der Waals surface area contributed by atoms with E-state index in [-0.39, 0.29) is 23.6 Å². The van der Waals surface area contributed by atoms with Crippen LogP contribution in [-0.2, 0) is 4.79 Å². The van der Waals surface area contributed by atoms with Crippen LogP contribution in [0.3, 0.4) is 0 Å². The summed E-state index contributed by atoms with van der Waals surface area (Å²) in [5.41, 5.74) is 3.25. The molecule has 1 saturated carbocycles. The number of hydrogen-bond acceptors (Lipinski definition) is 5. The van der Waals surface area contributed by atoms with Gasteiger partial charge in [0.2, 0.25) is 5.91 Å². The molecule has 188 valence electrons. The van der Waals surface area contributed by atoms with E-state index in [4.69, 9.17) is 9.47 Å². The van der Waals surface area contributed by atoms with Gasteiger partial charge < -0.3 is 24.7 Å². The van der Waals surface area contributed by atoms with Gasteiger partial charge in [0.25, 0.3) is 0 Å². The van der Waals surface area contributed by atoms with Gasteiger partial charge >= 0.3 is 5.69 Å². The molecule has 0 aliphatic heterocycles. The van der Waals surface area contributed by atoms with E-state index in [1.54, 1.807) is 7.11 Å². The standard InChI is InChI=1S/C27H36N4O4/c1-18-9-12-20(17-24(18)34-4)28-26(32)19-10-13-21(14-11-19)31-22-7-5-8-23(25(22)29-27(31)33)35-16-6-15-30(2)3/h5,7-9,12,17,19,21H,6,10-11,13-16H2,1-4H3,(H,28,32)(H,29,33). The summed E-state index contributed by atoms with van der Waals surface area (Å²) in [7, 11) is 5.70. The van der Waals surface area contributed by atoms with E-state index in [9.17, 15) is 9.59 Å². The Kier molecular flexibility index (Phi) is 7.80. The Morgan fingerprint density at radius 2 is 1.91 bits per heavy atom. The second-order valence-corrected chi connectivity index (χ2v) is 9.63. The Morgan fingerprint density at radius 1 is 1.14 bits per heavy atom. The van der Waals surface area contributed by atoms with Crippen LogP contribution in [0.15, 0.2) is 41.2 Å². The van der Waals surface area contributed by atoms with Gasteiger partial charge in [-0.1, -0.05) is 12.1 Å². The third-order valence-corrected chi connectivity index (χ3v) is 6.83. The SMILES string of the molecule is COc1cc(NC(=O)C2CCC(n3c(=O)[nH]c4c(OCCCN(C)C)cccc43)CC2)ccc1C. The van der Waals surface area contributed by atoms with Crippen molar-refractivity contribution < 1.29 is 14.3 Å². The second-order valence-electron chi connectivity index (χ2n) is 9.63. The minimum Gasteiger partial charge on any atom is -0.496 e. The molecule has 0 bridgehead atoms. The van der Waals surface area contributed by atoms with Crippen molar-refractivity contribution in [1.82, 2.24) is 14.5 Å². The molecule has 4 rings (SSSR count). The van der Waals surface area contributed by atoms with E-state index in [2.05, 4.69) is 15.2 Å².